The first-order valence-electron chi connectivity index (χ1n) is 6.58. The van der Waals surface area contributed by atoms with Gasteiger partial charge in [0.1, 0.15) is 0 Å². The molecule has 0 amide bonds. The fraction of sp³-hybridized carbons (Fsp3) is 0.294. The Kier molecular flexibility index (Phi) is 4.99. The molecule has 0 aliphatic carbocycles. The largest absolute Gasteiger partial charge is 0.388 e. The van der Waals surface area contributed by atoms with Crippen molar-refractivity contribution in [3.63, 3.8) is 0 Å². The number of halogens is 1. The summed E-state index contributed by atoms with van der Waals surface area (Å²) < 4.78 is 1.19. The van der Waals surface area contributed by atoms with Crippen molar-refractivity contribution in [1.29, 1.82) is 0 Å². The van der Waals surface area contributed by atoms with Gasteiger partial charge in [-0.1, -0.05) is 50.2 Å². The first kappa shape index (κ1) is 14.5. The van der Waals surface area contributed by atoms with Crippen molar-refractivity contribution in [3.05, 3.63) is 68.8 Å². The van der Waals surface area contributed by atoms with Crippen LogP contribution in [0, 0.1) is 3.57 Å². The van der Waals surface area contributed by atoms with Gasteiger partial charge in [0.05, 0.1) is 6.10 Å². The first-order valence-corrected chi connectivity index (χ1v) is 7.66. The van der Waals surface area contributed by atoms with Gasteiger partial charge in [0.15, 0.2) is 0 Å². The third-order valence-corrected chi connectivity index (χ3v) is 4.05. The summed E-state index contributed by atoms with van der Waals surface area (Å²) in [7, 11) is 0. The Bertz CT molecular complexity index is 514. The molecule has 1 nitrogen and oxygen atoms in total. The zero-order valence-electron chi connectivity index (χ0n) is 11.3. The molecule has 0 fully saturated rings. The summed E-state index contributed by atoms with van der Waals surface area (Å²) in [6.07, 6.45) is 0.237. The van der Waals surface area contributed by atoms with Crippen molar-refractivity contribution in [2.24, 2.45) is 0 Å². The van der Waals surface area contributed by atoms with Crippen molar-refractivity contribution in [2.75, 3.05) is 0 Å². The van der Waals surface area contributed by atoms with Gasteiger partial charge in [-0.3, -0.25) is 0 Å². The van der Waals surface area contributed by atoms with E-state index in [2.05, 4.69) is 60.7 Å². The average molecular weight is 366 g/mol. The van der Waals surface area contributed by atoms with Crippen LogP contribution >= 0.6 is 22.6 Å². The number of aliphatic hydroxyl groups excluding tert-OH is 1. The Morgan fingerprint density at radius 2 is 1.42 bits per heavy atom. The second-order valence-corrected chi connectivity index (χ2v) is 6.41. The molecule has 1 unspecified atom stereocenters. The number of hydrogen-bond acceptors (Lipinski definition) is 1. The molecule has 0 saturated heterocycles. The van der Waals surface area contributed by atoms with Gasteiger partial charge in [-0.25, -0.2) is 0 Å². The Morgan fingerprint density at radius 1 is 0.895 bits per heavy atom. The van der Waals surface area contributed by atoms with Gasteiger partial charge in [0.2, 0.25) is 0 Å². The van der Waals surface area contributed by atoms with Gasteiger partial charge in [0.25, 0.3) is 0 Å². The van der Waals surface area contributed by atoms with E-state index in [0.717, 1.165) is 5.56 Å². The number of aliphatic hydroxyl groups is 1. The standard InChI is InChI=1S/C17H19IO/c1-12(2)14-5-3-13(4-6-14)11-17(19)15-7-9-16(18)10-8-15/h3-10,12,17,19H,11H2,1-2H3. The van der Waals surface area contributed by atoms with Crippen LogP contribution in [0.5, 0.6) is 0 Å². The lowest BCUT2D eigenvalue weighted by Crippen LogP contribution is -2.02. The van der Waals surface area contributed by atoms with Crippen LogP contribution in [0.4, 0.5) is 0 Å². The van der Waals surface area contributed by atoms with Gasteiger partial charge in [-0.2, -0.15) is 0 Å². The van der Waals surface area contributed by atoms with Gasteiger partial charge < -0.3 is 5.11 Å². The minimum Gasteiger partial charge on any atom is -0.388 e. The highest BCUT2D eigenvalue weighted by atomic mass is 127. The van der Waals surface area contributed by atoms with Crippen molar-refractivity contribution in [3.8, 4) is 0 Å². The van der Waals surface area contributed by atoms with Crippen LogP contribution in [-0.2, 0) is 6.42 Å². The molecule has 0 radical (unpaired) electrons. The molecular weight excluding hydrogens is 347 g/mol. The van der Waals surface area contributed by atoms with Crippen LogP contribution in [0.15, 0.2) is 48.5 Å². The molecule has 2 rings (SSSR count). The van der Waals surface area contributed by atoms with E-state index in [1.54, 1.807) is 0 Å². The number of benzene rings is 2. The summed E-state index contributed by atoms with van der Waals surface area (Å²) in [5.74, 6) is 0.551. The van der Waals surface area contributed by atoms with Gasteiger partial charge >= 0.3 is 0 Å². The number of hydrogen-bond donors (Lipinski definition) is 1. The molecule has 2 aromatic rings. The van der Waals surface area contributed by atoms with Crippen LogP contribution in [0.2, 0.25) is 0 Å². The molecule has 2 heteroatoms. The highest BCUT2D eigenvalue weighted by molar-refractivity contribution is 14.1. The normalized spacial score (nSPS) is 12.7. The predicted molar refractivity (Wildman–Crippen MR) is 88.4 cm³/mol. The molecule has 0 aliphatic rings. The highest BCUT2D eigenvalue weighted by Crippen LogP contribution is 2.21. The van der Waals surface area contributed by atoms with Crippen LogP contribution in [0.25, 0.3) is 0 Å². The van der Waals surface area contributed by atoms with E-state index in [-0.39, 0.29) is 0 Å². The van der Waals surface area contributed by atoms with Gasteiger partial charge in [-0.15, -0.1) is 0 Å². The Hall–Kier alpha value is -0.870. The van der Waals surface area contributed by atoms with E-state index in [1.807, 2.05) is 24.3 Å². The fourth-order valence-corrected chi connectivity index (χ4v) is 2.42. The summed E-state index contributed by atoms with van der Waals surface area (Å²) in [4.78, 5) is 0. The molecule has 0 spiro atoms. The van der Waals surface area contributed by atoms with Crippen LogP contribution in [0.3, 0.4) is 0 Å². The minimum atomic E-state index is -0.429. The SMILES string of the molecule is CC(C)c1ccc(CC(O)c2ccc(I)cc2)cc1. The summed E-state index contributed by atoms with van der Waals surface area (Å²) in [5.41, 5.74) is 3.50. The van der Waals surface area contributed by atoms with E-state index in [1.165, 1.54) is 14.7 Å². The van der Waals surface area contributed by atoms with Gasteiger partial charge in [0, 0.05) is 9.99 Å². The minimum absolute atomic E-state index is 0.429. The lowest BCUT2D eigenvalue weighted by Gasteiger charge is -2.12. The molecule has 19 heavy (non-hydrogen) atoms. The van der Waals surface area contributed by atoms with E-state index < -0.39 is 6.10 Å². The smallest absolute Gasteiger partial charge is 0.0830 e. The quantitative estimate of drug-likeness (QED) is 0.779. The molecule has 100 valence electrons. The topological polar surface area (TPSA) is 20.2 Å². The molecule has 1 atom stereocenters. The second kappa shape index (κ2) is 6.53. The van der Waals surface area contributed by atoms with Crippen LogP contribution < -0.4 is 0 Å². The summed E-state index contributed by atoms with van der Waals surface area (Å²) >= 11 is 2.27. The molecule has 0 heterocycles. The summed E-state index contributed by atoms with van der Waals surface area (Å²) in [6.45, 7) is 4.38. The van der Waals surface area contributed by atoms with E-state index >= 15 is 0 Å². The lowest BCUT2D eigenvalue weighted by molar-refractivity contribution is 0.178. The monoisotopic (exact) mass is 366 g/mol. The molecule has 0 aliphatic heterocycles. The predicted octanol–water partition coefficient (Wildman–Crippen LogP) is 4.69. The van der Waals surface area contributed by atoms with E-state index in [4.69, 9.17) is 0 Å². The summed E-state index contributed by atoms with van der Waals surface area (Å²) in [6, 6.07) is 16.6. The highest BCUT2D eigenvalue weighted by Gasteiger charge is 2.08. The van der Waals surface area contributed by atoms with Crippen molar-refractivity contribution in [2.45, 2.75) is 32.3 Å². The molecule has 2 aromatic carbocycles. The Morgan fingerprint density at radius 3 is 1.95 bits per heavy atom. The maximum absolute atomic E-state index is 10.2. The van der Waals surface area contributed by atoms with Crippen LogP contribution in [-0.4, -0.2) is 5.11 Å². The Labute approximate surface area is 128 Å². The molecular formula is C17H19IO. The number of rotatable bonds is 4. The van der Waals surface area contributed by atoms with E-state index in [0.29, 0.717) is 12.3 Å². The van der Waals surface area contributed by atoms with Crippen molar-refractivity contribution < 1.29 is 5.11 Å². The third-order valence-electron chi connectivity index (χ3n) is 3.33. The third kappa shape index (κ3) is 4.05. The fourth-order valence-electron chi connectivity index (χ4n) is 2.06. The maximum atomic E-state index is 10.2. The Balaban J connectivity index is 2.06. The summed E-state index contributed by atoms with van der Waals surface area (Å²) in [5, 5.41) is 10.2. The van der Waals surface area contributed by atoms with Crippen LogP contribution in [0.1, 0.15) is 42.6 Å². The second-order valence-electron chi connectivity index (χ2n) is 5.17. The average Bonchev–Trinajstić information content (AvgIpc) is 2.40. The zero-order chi connectivity index (χ0) is 13.8. The van der Waals surface area contributed by atoms with E-state index in [9.17, 15) is 5.11 Å². The molecule has 0 bridgehead atoms. The zero-order valence-corrected chi connectivity index (χ0v) is 13.5. The molecule has 0 aromatic heterocycles. The van der Waals surface area contributed by atoms with Crippen molar-refractivity contribution in [1.82, 2.24) is 0 Å². The molecule has 1 N–H and O–H groups in total. The van der Waals surface area contributed by atoms with Crippen molar-refractivity contribution >= 4 is 22.6 Å². The maximum Gasteiger partial charge on any atom is 0.0830 e. The molecule has 0 saturated carbocycles. The first-order chi connectivity index (χ1) is 9.06. The lowest BCUT2D eigenvalue weighted by atomic mass is 9.97. The van der Waals surface area contributed by atoms with Gasteiger partial charge in [-0.05, 0) is 57.3 Å².